The molecule has 0 unspecified atom stereocenters. The standard InChI is InChI=1S/C14H20N2O4/c1-14(2,3)20-13(19)16-11(10(15)12(17)18)9-7-5-4-6-8-9/h4-8,10-11H,15H2,1-3H3,(H,16,19)(H,17,18)/t10-,11-/m0/s1. The van der Waals surface area contributed by atoms with Crippen LogP contribution in [0.3, 0.4) is 0 Å². The van der Waals surface area contributed by atoms with Crippen LogP contribution in [0, 0.1) is 0 Å². The maximum Gasteiger partial charge on any atom is 0.408 e. The smallest absolute Gasteiger partial charge is 0.408 e. The van der Waals surface area contributed by atoms with Crippen molar-refractivity contribution < 1.29 is 19.4 Å². The molecule has 0 aromatic heterocycles. The van der Waals surface area contributed by atoms with Crippen LogP contribution < -0.4 is 11.1 Å². The second kappa shape index (κ2) is 6.38. The van der Waals surface area contributed by atoms with E-state index in [1.165, 1.54) is 0 Å². The van der Waals surface area contributed by atoms with Gasteiger partial charge in [-0.25, -0.2) is 4.79 Å². The Morgan fingerprint density at radius 2 is 1.80 bits per heavy atom. The third kappa shape index (κ3) is 4.89. The second-order valence-electron chi connectivity index (χ2n) is 5.40. The highest BCUT2D eigenvalue weighted by atomic mass is 16.6. The van der Waals surface area contributed by atoms with E-state index in [2.05, 4.69) is 5.32 Å². The summed E-state index contributed by atoms with van der Waals surface area (Å²) in [7, 11) is 0. The molecule has 1 aromatic rings. The normalized spacial score (nSPS) is 14.2. The molecule has 0 fully saturated rings. The summed E-state index contributed by atoms with van der Waals surface area (Å²) in [5.41, 5.74) is 5.57. The lowest BCUT2D eigenvalue weighted by Gasteiger charge is -2.25. The van der Waals surface area contributed by atoms with Gasteiger partial charge in [-0.3, -0.25) is 4.79 Å². The molecule has 1 aromatic carbocycles. The van der Waals surface area contributed by atoms with Gasteiger partial charge in [-0.1, -0.05) is 30.3 Å². The van der Waals surface area contributed by atoms with Gasteiger partial charge in [0.1, 0.15) is 11.6 Å². The Kier molecular flexibility index (Phi) is 5.10. The van der Waals surface area contributed by atoms with E-state index >= 15 is 0 Å². The maximum atomic E-state index is 11.8. The summed E-state index contributed by atoms with van der Waals surface area (Å²) in [6.45, 7) is 5.17. The third-order valence-corrected chi connectivity index (χ3v) is 2.48. The molecule has 0 saturated carbocycles. The van der Waals surface area contributed by atoms with Gasteiger partial charge in [0.2, 0.25) is 0 Å². The van der Waals surface area contributed by atoms with E-state index in [4.69, 9.17) is 15.6 Å². The first kappa shape index (κ1) is 16.0. The van der Waals surface area contributed by atoms with Crippen molar-refractivity contribution >= 4 is 12.1 Å². The Morgan fingerprint density at radius 1 is 1.25 bits per heavy atom. The molecule has 0 aliphatic rings. The minimum atomic E-state index is -1.26. The van der Waals surface area contributed by atoms with E-state index < -0.39 is 29.7 Å². The number of ether oxygens (including phenoxy) is 1. The van der Waals surface area contributed by atoms with E-state index in [-0.39, 0.29) is 0 Å². The van der Waals surface area contributed by atoms with Crippen LogP contribution in [0.5, 0.6) is 0 Å². The molecule has 2 atom stereocenters. The van der Waals surface area contributed by atoms with Crippen molar-refractivity contribution in [3.63, 3.8) is 0 Å². The predicted molar refractivity (Wildman–Crippen MR) is 74.2 cm³/mol. The first-order valence-corrected chi connectivity index (χ1v) is 6.23. The number of nitrogens with two attached hydrogens (primary N) is 1. The molecule has 0 heterocycles. The van der Waals surface area contributed by atoms with E-state index in [0.717, 1.165) is 0 Å². The van der Waals surface area contributed by atoms with Crippen molar-refractivity contribution in [2.75, 3.05) is 0 Å². The van der Waals surface area contributed by atoms with Crippen molar-refractivity contribution in [3.05, 3.63) is 35.9 Å². The fraction of sp³-hybridized carbons (Fsp3) is 0.429. The maximum absolute atomic E-state index is 11.8. The molecule has 0 aliphatic heterocycles. The molecular formula is C14H20N2O4. The van der Waals surface area contributed by atoms with E-state index in [9.17, 15) is 9.59 Å². The lowest BCUT2D eigenvalue weighted by Crippen LogP contribution is -2.46. The summed E-state index contributed by atoms with van der Waals surface area (Å²) in [6.07, 6.45) is -0.706. The molecule has 4 N–H and O–H groups in total. The number of benzene rings is 1. The lowest BCUT2D eigenvalue weighted by atomic mass is 10.0. The SMILES string of the molecule is CC(C)(C)OC(=O)N[C@@H](c1ccccc1)[C@H](N)C(=O)O. The van der Waals surface area contributed by atoms with Gasteiger partial charge in [-0.2, -0.15) is 0 Å². The third-order valence-electron chi connectivity index (χ3n) is 2.48. The number of carbonyl (C=O) groups is 2. The van der Waals surface area contributed by atoms with Crippen LogP contribution in [-0.2, 0) is 9.53 Å². The average molecular weight is 280 g/mol. The number of aliphatic carboxylic acids is 1. The molecule has 0 aliphatic carbocycles. The van der Waals surface area contributed by atoms with Gasteiger partial charge in [-0.05, 0) is 26.3 Å². The van der Waals surface area contributed by atoms with Gasteiger partial charge in [0.05, 0.1) is 6.04 Å². The second-order valence-corrected chi connectivity index (χ2v) is 5.40. The summed E-state index contributed by atoms with van der Waals surface area (Å²) >= 11 is 0. The Balaban J connectivity index is 2.90. The first-order valence-electron chi connectivity index (χ1n) is 6.23. The zero-order valence-corrected chi connectivity index (χ0v) is 11.8. The van der Waals surface area contributed by atoms with Gasteiger partial charge in [0.25, 0.3) is 0 Å². The first-order chi connectivity index (χ1) is 9.20. The van der Waals surface area contributed by atoms with Gasteiger partial charge in [0.15, 0.2) is 0 Å². The van der Waals surface area contributed by atoms with Gasteiger partial charge in [0, 0.05) is 0 Å². The van der Waals surface area contributed by atoms with Crippen LogP contribution in [0.15, 0.2) is 30.3 Å². The number of rotatable bonds is 4. The molecule has 0 bridgehead atoms. The molecule has 1 rings (SSSR count). The zero-order chi connectivity index (χ0) is 15.3. The predicted octanol–water partition coefficient (Wildman–Crippen LogP) is 1.66. The summed E-state index contributed by atoms with van der Waals surface area (Å²) < 4.78 is 5.12. The van der Waals surface area contributed by atoms with E-state index in [1.54, 1.807) is 51.1 Å². The van der Waals surface area contributed by atoms with Crippen LogP contribution >= 0.6 is 0 Å². The minimum absolute atomic E-state index is 0.605. The molecular weight excluding hydrogens is 260 g/mol. The Labute approximate surface area is 117 Å². The largest absolute Gasteiger partial charge is 0.480 e. The van der Waals surface area contributed by atoms with Crippen molar-refractivity contribution in [2.24, 2.45) is 5.73 Å². The zero-order valence-electron chi connectivity index (χ0n) is 11.8. The van der Waals surface area contributed by atoms with Gasteiger partial charge < -0.3 is 20.9 Å². The van der Waals surface area contributed by atoms with Crippen molar-refractivity contribution in [1.29, 1.82) is 0 Å². The molecule has 0 radical (unpaired) electrons. The molecule has 6 heteroatoms. The fourth-order valence-corrected chi connectivity index (χ4v) is 1.62. The number of carboxylic acids is 1. The summed E-state index contributed by atoms with van der Waals surface area (Å²) in [5, 5.41) is 11.5. The number of carboxylic acid groups (broad SMARTS) is 1. The van der Waals surface area contributed by atoms with Crippen molar-refractivity contribution in [2.45, 2.75) is 38.5 Å². The van der Waals surface area contributed by atoms with Crippen LogP contribution in [0.2, 0.25) is 0 Å². The Hall–Kier alpha value is -2.08. The molecule has 0 saturated heterocycles. The fourth-order valence-electron chi connectivity index (χ4n) is 1.62. The number of amides is 1. The summed E-state index contributed by atoms with van der Waals surface area (Å²) in [4.78, 5) is 22.9. The Bertz CT molecular complexity index is 468. The van der Waals surface area contributed by atoms with Gasteiger partial charge >= 0.3 is 12.1 Å². The van der Waals surface area contributed by atoms with E-state index in [1.807, 2.05) is 0 Å². The summed E-state index contributed by atoms with van der Waals surface area (Å²) in [6, 6.07) is 6.56. The quantitative estimate of drug-likeness (QED) is 0.778. The van der Waals surface area contributed by atoms with Crippen LogP contribution in [-0.4, -0.2) is 28.8 Å². The molecule has 20 heavy (non-hydrogen) atoms. The van der Waals surface area contributed by atoms with Crippen LogP contribution in [0.1, 0.15) is 32.4 Å². The number of nitrogens with one attached hydrogen (secondary N) is 1. The van der Waals surface area contributed by atoms with Crippen molar-refractivity contribution in [3.8, 4) is 0 Å². The number of hydrogen-bond donors (Lipinski definition) is 3. The van der Waals surface area contributed by atoms with Crippen LogP contribution in [0.25, 0.3) is 0 Å². The monoisotopic (exact) mass is 280 g/mol. The average Bonchev–Trinajstić information content (AvgIpc) is 2.34. The highest BCUT2D eigenvalue weighted by Crippen LogP contribution is 2.17. The number of hydrogen-bond acceptors (Lipinski definition) is 4. The lowest BCUT2D eigenvalue weighted by molar-refractivity contribution is -0.139. The molecule has 1 amide bonds. The highest BCUT2D eigenvalue weighted by molar-refractivity contribution is 5.76. The number of carbonyl (C=O) groups excluding carboxylic acids is 1. The highest BCUT2D eigenvalue weighted by Gasteiger charge is 2.29. The van der Waals surface area contributed by atoms with Crippen molar-refractivity contribution in [1.82, 2.24) is 5.32 Å². The van der Waals surface area contributed by atoms with Gasteiger partial charge in [-0.15, -0.1) is 0 Å². The topological polar surface area (TPSA) is 102 Å². The van der Waals surface area contributed by atoms with Crippen LogP contribution in [0.4, 0.5) is 4.79 Å². The number of alkyl carbamates (subject to hydrolysis) is 1. The minimum Gasteiger partial charge on any atom is -0.480 e. The molecule has 6 nitrogen and oxygen atoms in total. The molecule has 110 valence electrons. The molecule has 0 spiro atoms. The Morgan fingerprint density at radius 3 is 2.25 bits per heavy atom. The summed E-state index contributed by atoms with van der Waals surface area (Å²) in [5.74, 6) is -1.20. The van der Waals surface area contributed by atoms with E-state index in [0.29, 0.717) is 5.56 Å².